The predicted octanol–water partition coefficient (Wildman–Crippen LogP) is 1.67. The Balaban J connectivity index is 2.11. The predicted molar refractivity (Wildman–Crippen MR) is 73.9 cm³/mol. The van der Waals surface area contributed by atoms with Crippen molar-refractivity contribution in [3.63, 3.8) is 0 Å². The van der Waals surface area contributed by atoms with E-state index in [0.29, 0.717) is 11.4 Å². The molecule has 2 aromatic rings. The molecule has 0 aliphatic rings. The molecule has 0 bridgehead atoms. The van der Waals surface area contributed by atoms with Gasteiger partial charge in [-0.2, -0.15) is 0 Å². The number of nitrogens with one attached hydrogen (secondary N) is 2. The van der Waals surface area contributed by atoms with Crippen LogP contribution in [0.5, 0.6) is 0 Å². The third-order valence-corrected chi connectivity index (χ3v) is 3.71. The van der Waals surface area contributed by atoms with Gasteiger partial charge in [0.1, 0.15) is 5.76 Å². The smallest absolute Gasteiger partial charge is 0.329 e. The van der Waals surface area contributed by atoms with Gasteiger partial charge in [0.2, 0.25) is 0 Å². The Morgan fingerprint density at radius 1 is 1.29 bits per heavy atom. The fraction of sp³-hybridized carbons (Fsp3) is 0.167. The maximum atomic E-state index is 12.1. The largest absolute Gasteiger partial charge is 0.360 e. The Bertz CT molecular complexity index is 737. The van der Waals surface area contributed by atoms with E-state index in [-0.39, 0.29) is 10.7 Å². The number of carbonyl (C=O) groups excluding carboxylic acids is 1. The van der Waals surface area contributed by atoms with E-state index in [0.717, 1.165) is 0 Å². The second-order valence-electron chi connectivity index (χ2n) is 4.15. The van der Waals surface area contributed by atoms with Crippen LogP contribution in [0, 0.1) is 6.92 Å². The Labute approximate surface area is 121 Å². The van der Waals surface area contributed by atoms with Crippen molar-refractivity contribution in [3.8, 4) is 0 Å². The molecular weight excluding hydrogens is 298 g/mol. The standard InChI is InChI=1S/C12H13N3O5S/c1-8-7-12(14-19-8)15-21(17,18)11-5-3-10(4-6-11)13-20-9(2)16/h3-7,13H,1-2H3,(H,14,15). The summed E-state index contributed by atoms with van der Waals surface area (Å²) in [5.41, 5.74) is 2.83. The molecule has 0 radical (unpaired) electrons. The second kappa shape index (κ2) is 5.83. The number of benzene rings is 1. The summed E-state index contributed by atoms with van der Waals surface area (Å²) in [5.74, 6) is 0.0954. The van der Waals surface area contributed by atoms with Crippen molar-refractivity contribution in [3.05, 3.63) is 36.1 Å². The van der Waals surface area contributed by atoms with Crippen molar-refractivity contribution in [2.45, 2.75) is 18.7 Å². The second-order valence-corrected chi connectivity index (χ2v) is 5.83. The van der Waals surface area contributed by atoms with E-state index in [1.165, 1.54) is 37.3 Å². The molecule has 9 heteroatoms. The van der Waals surface area contributed by atoms with E-state index in [4.69, 9.17) is 4.52 Å². The van der Waals surface area contributed by atoms with Crippen molar-refractivity contribution < 1.29 is 22.6 Å². The van der Waals surface area contributed by atoms with E-state index in [1.54, 1.807) is 6.92 Å². The molecule has 112 valence electrons. The Morgan fingerprint density at radius 2 is 1.95 bits per heavy atom. The van der Waals surface area contributed by atoms with Crippen LogP contribution in [0.25, 0.3) is 0 Å². The first-order chi connectivity index (χ1) is 9.87. The van der Waals surface area contributed by atoms with Crippen LogP contribution in [0.3, 0.4) is 0 Å². The summed E-state index contributed by atoms with van der Waals surface area (Å²) in [5, 5.41) is 3.56. The molecule has 0 fully saturated rings. The number of aryl methyl sites for hydroxylation is 1. The molecule has 0 aliphatic carbocycles. The zero-order valence-electron chi connectivity index (χ0n) is 11.3. The molecule has 0 aliphatic heterocycles. The van der Waals surface area contributed by atoms with Gasteiger partial charge in [0.05, 0.1) is 10.6 Å². The zero-order valence-corrected chi connectivity index (χ0v) is 12.1. The summed E-state index contributed by atoms with van der Waals surface area (Å²) < 4.78 is 31.3. The van der Waals surface area contributed by atoms with Gasteiger partial charge in [-0.05, 0) is 31.2 Å². The van der Waals surface area contributed by atoms with E-state index in [1.807, 2.05) is 0 Å². The van der Waals surface area contributed by atoms with Gasteiger partial charge in [0.15, 0.2) is 5.82 Å². The molecule has 1 aromatic heterocycles. The minimum atomic E-state index is -3.76. The molecule has 2 rings (SSSR count). The minimum absolute atomic E-state index is 0.0385. The van der Waals surface area contributed by atoms with Gasteiger partial charge in [-0.25, -0.2) is 13.9 Å². The fourth-order valence-corrected chi connectivity index (χ4v) is 2.43. The van der Waals surface area contributed by atoms with Crippen LogP contribution < -0.4 is 10.2 Å². The summed E-state index contributed by atoms with van der Waals surface area (Å²) in [4.78, 5) is 15.3. The number of aromatic nitrogens is 1. The highest BCUT2D eigenvalue weighted by atomic mass is 32.2. The first-order valence-electron chi connectivity index (χ1n) is 5.86. The van der Waals surface area contributed by atoms with Crippen molar-refractivity contribution in [2.24, 2.45) is 0 Å². The van der Waals surface area contributed by atoms with Gasteiger partial charge >= 0.3 is 5.97 Å². The van der Waals surface area contributed by atoms with Crippen LogP contribution in [0.2, 0.25) is 0 Å². The summed E-state index contributed by atoms with van der Waals surface area (Å²) in [6, 6.07) is 7.12. The molecule has 21 heavy (non-hydrogen) atoms. The number of hydrogen-bond donors (Lipinski definition) is 2. The highest BCUT2D eigenvalue weighted by Gasteiger charge is 2.16. The SMILES string of the molecule is CC(=O)ONc1ccc(S(=O)(=O)Nc2cc(C)on2)cc1. The minimum Gasteiger partial charge on any atom is -0.360 e. The van der Waals surface area contributed by atoms with Gasteiger partial charge in [-0.1, -0.05) is 5.16 Å². The van der Waals surface area contributed by atoms with Crippen molar-refractivity contribution in [1.29, 1.82) is 0 Å². The van der Waals surface area contributed by atoms with Crippen molar-refractivity contribution >= 4 is 27.5 Å². The van der Waals surface area contributed by atoms with Gasteiger partial charge in [-0.15, -0.1) is 0 Å². The molecule has 1 heterocycles. The fourth-order valence-electron chi connectivity index (χ4n) is 1.44. The van der Waals surface area contributed by atoms with Crippen LogP contribution in [-0.2, 0) is 19.7 Å². The van der Waals surface area contributed by atoms with Gasteiger partial charge in [-0.3, -0.25) is 9.52 Å². The lowest BCUT2D eigenvalue weighted by molar-refractivity contribution is -0.138. The maximum absolute atomic E-state index is 12.1. The molecule has 0 unspecified atom stereocenters. The van der Waals surface area contributed by atoms with Crippen LogP contribution >= 0.6 is 0 Å². The van der Waals surface area contributed by atoms with Crippen molar-refractivity contribution in [2.75, 3.05) is 10.2 Å². The van der Waals surface area contributed by atoms with Crippen LogP contribution in [0.15, 0.2) is 39.8 Å². The van der Waals surface area contributed by atoms with E-state index in [2.05, 4.69) is 20.2 Å². The molecule has 1 aromatic carbocycles. The van der Waals surface area contributed by atoms with Crippen LogP contribution in [0.1, 0.15) is 12.7 Å². The average Bonchev–Trinajstić information content (AvgIpc) is 2.81. The monoisotopic (exact) mass is 311 g/mol. The molecular formula is C12H13N3O5S. The molecule has 0 saturated carbocycles. The van der Waals surface area contributed by atoms with Gasteiger partial charge in [0.25, 0.3) is 10.0 Å². The number of carbonyl (C=O) groups is 1. The number of anilines is 2. The number of rotatable bonds is 5. The Kier molecular flexibility index (Phi) is 4.13. The molecule has 0 atom stereocenters. The Morgan fingerprint density at radius 3 is 2.48 bits per heavy atom. The summed E-state index contributed by atoms with van der Waals surface area (Å²) in [7, 11) is -3.76. The third kappa shape index (κ3) is 3.96. The number of nitrogens with zero attached hydrogens (tertiary/aromatic N) is 1. The van der Waals surface area contributed by atoms with Crippen LogP contribution in [0.4, 0.5) is 11.5 Å². The van der Waals surface area contributed by atoms with E-state index < -0.39 is 16.0 Å². The van der Waals surface area contributed by atoms with Crippen LogP contribution in [-0.4, -0.2) is 19.5 Å². The molecule has 0 spiro atoms. The lowest BCUT2D eigenvalue weighted by Crippen LogP contribution is -2.13. The average molecular weight is 311 g/mol. The van der Waals surface area contributed by atoms with E-state index >= 15 is 0 Å². The quantitative estimate of drug-likeness (QED) is 0.808. The van der Waals surface area contributed by atoms with Gasteiger partial charge in [0, 0.05) is 13.0 Å². The maximum Gasteiger partial charge on any atom is 0.329 e. The first kappa shape index (κ1) is 14.9. The summed E-state index contributed by atoms with van der Waals surface area (Å²) in [6.07, 6.45) is 0. The number of sulfonamides is 1. The normalized spacial score (nSPS) is 11.0. The summed E-state index contributed by atoms with van der Waals surface area (Å²) >= 11 is 0. The summed E-state index contributed by atoms with van der Waals surface area (Å²) in [6.45, 7) is 2.90. The molecule has 0 saturated heterocycles. The molecule has 8 nitrogen and oxygen atoms in total. The van der Waals surface area contributed by atoms with E-state index in [9.17, 15) is 13.2 Å². The molecule has 0 amide bonds. The van der Waals surface area contributed by atoms with Gasteiger partial charge < -0.3 is 9.36 Å². The number of hydrogen-bond acceptors (Lipinski definition) is 7. The lowest BCUT2D eigenvalue weighted by atomic mass is 10.3. The zero-order chi connectivity index (χ0) is 15.5. The van der Waals surface area contributed by atoms with Crippen molar-refractivity contribution in [1.82, 2.24) is 5.16 Å². The first-order valence-corrected chi connectivity index (χ1v) is 7.35. The Hall–Kier alpha value is -2.55. The third-order valence-electron chi connectivity index (χ3n) is 2.34. The topological polar surface area (TPSA) is 111 Å². The molecule has 2 N–H and O–H groups in total. The lowest BCUT2D eigenvalue weighted by Gasteiger charge is -2.07. The highest BCUT2D eigenvalue weighted by Crippen LogP contribution is 2.18. The highest BCUT2D eigenvalue weighted by molar-refractivity contribution is 7.92.